The number of rotatable bonds is 9. The zero-order chi connectivity index (χ0) is 15.6. The van der Waals surface area contributed by atoms with E-state index in [4.69, 9.17) is 4.74 Å². The molecule has 2 nitrogen and oxygen atoms in total. The summed E-state index contributed by atoms with van der Waals surface area (Å²) in [4.78, 5) is 2.45. The quantitative estimate of drug-likeness (QED) is 0.579. The minimum atomic E-state index is 0. The van der Waals surface area contributed by atoms with Crippen molar-refractivity contribution >= 4 is 12.4 Å². The fourth-order valence-corrected chi connectivity index (χ4v) is 2.54. The molecule has 23 heavy (non-hydrogen) atoms. The van der Waals surface area contributed by atoms with Crippen molar-refractivity contribution in [2.45, 2.75) is 26.7 Å². The van der Waals surface area contributed by atoms with Gasteiger partial charge in [-0.1, -0.05) is 56.3 Å². The van der Waals surface area contributed by atoms with Crippen molar-refractivity contribution < 1.29 is 4.74 Å². The Hall–Kier alpha value is -1.51. The Morgan fingerprint density at radius 2 is 1.39 bits per heavy atom. The summed E-state index contributed by atoms with van der Waals surface area (Å²) in [5, 5.41) is 0. The molecule has 0 amide bonds. The monoisotopic (exact) mass is 333 g/mol. The van der Waals surface area contributed by atoms with Crippen LogP contribution in [0.4, 0.5) is 0 Å². The fourth-order valence-electron chi connectivity index (χ4n) is 2.54. The first kappa shape index (κ1) is 19.5. The Balaban J connectivity index is 0.00000264. The highest BCUT2D eigenvalue weighted by Gasteiger charge is 2.00. The molecule has 0 saturated carbocycles. The molecule has 2 aromatic rings. The Morgan fingerprint density at radius 3 is 2.00 bits per heavy atom. The topological polar surface area (TPSA) is 12.5 Å². The molecular weight excluding hydrogens is 306 g/mol. The molecule has 0 bridgehead atoms. The molecule has 0 heterocycles. The van der Waals surface area contributed by atoms with Crippen molar-refractivity contribution in [1.29, 1.82) is 0 Å². The summed E-state index contributed by atoms with van der Waals surface area (Å²) in [6.45, 7) is 8.68. The molecule has 126 valence electrons. The standard InChI is InChI=1S/C20H27NO.ClH/c1-3-21(4-2)16-8-9-17-22-20-14-12-19(13-15-20)18-10-6-5-7-11-18;/h5-7,10-15H,3-4,8-9,16-17H2,1-2H3;1H. The van der Waals surface area contributed by atoms with E-state index in [-0.39, 0.29) is 12.4 Å². The van der Waals surface area contributed by atoms with Crippen LogP contribution < -0.4 is 4.74 Å². The SMILES string of the molecule is CCN(CC)CCCCOc1ccc(-c2ccccc2)cc1.Cl. The van der Waals surface area contributed by atoms with Crippen molar-refractivity contribution in [1.82, 2.24) is 4.90 Å². The van der Waals surface area contributed by atoms with E-state index in [0.717, 1.165) is 31.9 Å². The van der Waals surface area contributed by atoms with Gasteiger partial charge in [0.1, 0.15) is 5.75 Å². The van der Waals surface area contributed by atoms with Gasteiger partial charge in [0.25, 0.3) is 0 Å². The van der Waals surface area contributed by atoms with Crippen LogP contribution in [0.1, 0.15) is 26.7 Å². The molecule has 0 aliphatic rings. The van der Waals surface area contributed by atoms with Gasteiger partial charge in [-0.2, -0.15) is 0 Å². The highest BCUT2D eigenvalue weighted by Crippen LogP contribution is 2.22. The van der Waals surface area contributed by atoms with Crippen molar-refractivity contribution in [2.75, 3.05) is 26.2 Å². The average Bonchev–Trinajstić information content (AvgIpc) is 2.59. The molecule has 0 aliphatic heterocycles. The molecule has 0 spiro atoms. The lowest BCUT2D eigenvalue weighted by molar-refractivity contribution is 0.266. The molecule has 0 aliphatic carbocycles. The Labute approximate surface area is 146 Å². The highest BCUT2D eigenvalue weighted by atomic mass is 35.5. The predicted molar refractivity (Wildman–Crippen MR) is 102 cm³/mol. The van der Waals surface area contributed by atoms with Crippen LogP contribution in [0.2, 0.25) is 0 Å². The lowest BCUT2D eigenvalue weighted by atomic mass is 10.1. The van der Waals surface area contributed by atoms with Gasteiger partial charge >= 0.3 is 0 Å². The molecule has 0 saturated heterocycles. The van der Waals surface area contributed by atoms with Crippen LogP contribution in [0, 0.1) is 0 Å². The van der Waals surface area contributed by atoms with Gasteiger partial charge in [-0.15, -0.1) is 12.4 Å². The summed E-state index contributed by atoms with van der Waals surface area (Å²) >= 11 is 0. The molecule has 2 rings (SSSR count). The van der Waals surface area contributed by atoms with Gasteiger partial charge in [0.2, 0.25) is 0 Å². The average molecular weight is 334 g/mol. The highest BCUT2D eigenvalue weighted by molar-refractivity contribution is 5.85. The Morgan fingerprint density at radius 1 is 0.783 bits per heavy atom. The van der Waals surface area contributed by atoms with Gasteiger partial charge in [0, 0.05) is 0 Å². The van der Waals surface area contributed by atoms with Gasteiger partial charge in [-0.05, 0) is 55.7 Å². The molecule has 0 N–H and O–H groups in total. The second kappa shape index (κ2) is 11.1. The van der Waals surface area contributed by atoms with E-state index in [1.165, 1.54) is 24.1 Å². The summed E-state index contributed by atoms with van der Waals surface area (Å²) in [7, 11) is 0. The Bertz CT molecular complexity index is 523. The predicted octanol–water partition coefficient (Wildman–Crippen LogP) is 5.28. The largest absolute Gasteiger partial charge is 0.494 e. The second-order valence-electron chi connectivity index (χ2n) is 5.47. The zero-order valence-corrected chi connectivity index (χ0v) is 15.0. The first-order chi connectivity index (χ1) is 10.8. The minimum absolute atomic E-state index is 0. The number of halogens is 1. The summed E-state index contributed by atoms with van der Waals surface area (Å²) in [5.74, 6) is 0.961. The number of hydrogen-bond acceptors (Lipinski definition) is 2. The number of nitrogens with zero attached hydrogens (tertiary/aromatic N) is 1. The van der Waals surface area contributed by atoms with Crippen LogP contribution in [0.5, 0.6) is 5.75 Å². The van der Waals surface area contributed by atoms with E-state index in [1.807, 2.05) is 6.07 Å². The van der Waals surface area contributed by atoms with E-state index in [2.05, 4.69) is 67.3 Å². The van der Waals surface area contributed by atoms with Crippen LogP contribution in [0.3, 0.4) is 0 Å². The third kappa shape index (κ3) is 6.64. The summed E-state index contributed by atoms with van der Waals surface area (Å²) < 4.78 is 5.83. The maximum atomic E-state index is 5.83. The van der Waals surface area contributed by atoms with Crippen LogP contribution in [-0.4, -0.2) is 31.1 Å². The van der Waals surface area contributed by atoms with Crippen LogP contribution >= 0.6 is 12.4 Å². The molecule has 0 atom stereocenters. The summed E-state index contributed by atoms with van der Waals surface area (Å²) in [6.07, 6.45) is 2.31. The zero-order valence-electron chi connectivity index (χ0n) is 14.2. The summed E-state index contributed by atoms with van der Waals surface area (Å²) in [6, 6.07) is 18.8. The number of hydrogen-bond donors (Lipinski definition) is 0. The van der Waals surface area contributed by atoms with Crippen molar-refractivity contribution in [3.63, 3.8) is 0 Å². The third-order valence-electron chi connectivity index (χ3n) is 3.99. The molecular formula is C20H28ClNO. The van der Waals surface area contributed by atoms with E-state index < -0.39 is 0 Å². The molecule has 0 fully saturated rings. The van der Waals surface area contributed by atoms with E-state index >= 15 is 0 Å². The number of benzene rings is 2. The molecule has 2 aromatic carbocycles. The van der Waals surface area contributed by atoms with E-state index in [0.29, 0.717) is 0 Å². The first-order valence-electron chi connectivity index (χ1n) is 8.34. The van der Waals surface area contributed by atoms with Crippen molar-refractivity contribution in [3.8, 4) is 16.9 Å². The van der Waals surface area contributed by atoms with Gasteiger partial charge in [-0.25, -0.2) is 0 Å². The number of ether oxygens (including phenoxy) is 1. The lowest BCUT2D eigenvalue weighted by Crippen LogP contribution is -2.24. The maximum Gasteiger partial charge on any atom is 0.119 e. The van der Waals surface area contributed by atoms with Crippen molar-refractivity contribution in [3.05, 3.63) is 54.6 Å². The Kier molecular flexibility index (Phi) is 9.42. The lowest BCUT2D eigenvalue weighted by Gasteiger charge is -2.17. The molecule has 0 radical (unpaired) electrons. The van der Waals surface area contributed by atoms with Gasteiger partial charge in [-0.3, -0.25) is 0 Å². The fraction of sp³-hybridized carbons (Fsp3) is 0.400. The summed E-state index contributed by atoms with van der Waals surface area (Å²) in [5.41, 5.74) is 2.47. The smallest absolute Gasteiger partial charge is 0.119 e. The van der Waals surface area contributed by atoms with E-state index in [1.54, 1.807) is 0 Å². The minimum Gasteiger partial charge on any atom is -0.494 e. The third-order valence-corrected chi connectivity index (χ3v) is 3.99. The van der Waals surface area contributed by atoms with Crippen LogP contribution in [0.25, 0.3) is 11.1 Å². The van der Waals surface area contributed by atoms with Gasteiger partial charge in [0.05, 0.1) is 6.61 Å². The molecule has 0 unspecified atom stereocenters. The van der Waals surface area contributed by atoms with Gasteiger partial charge < -0.3 is 9.64 Å². The van der Waals surface area contributed by atoms with Gasteiger partial charge in [0.15, 0.2) is 0 Å². The molecule has 0 aromatic heterocycles. The van der Waals surface area contributed by atoms with E-state index in [9.17, 15) is 0 Å². The number of unbranched alkanes of at least 4 members (excludes halogenated alkanes) is 1. The first-order valence-corrected chi connectivity index (χ1v) is 8.34. The maximum absolute atomic E-state index is 5.83. The second-order valence-corrected chi connectivity index (χ2v) is 5.47. The van der Waals surface area contributed by atoms with Crippen LogP contribution in [0.15, 0.2) is 54.6 Å². The normalized spacial score (nSPS) is 10.4. The van der Waals surface area contributed by atoms with Crippen molar-refractivity contribution in [2.24, 2.45) is 0 Å². The molecule has 3 heteroatoms. The van der Waals surface area contributed by atoms with Crippen LogP contribution in [-0.2, 0) is 0 Å².